The fourth-order valence-electron chi connectivity index (χ4n) is 2.94. The van der Waals surface area contributed by atoms with E-state index in [1.165, 1.54) is 16.8 Å². The zero-order chi connectivity index (χ0) is 20.9. The summed E-state index contributed by atoms with van der Waals surface area (Å²) in [5, 5.41) is 7.58. The third kappa shape index (κ3) is 7.95. The first kappa shape index (κ1) is 22.4. The van der Waals surface area contributed by atoms with E-state index < -0.39 is 0 Å². The van der Waals surface area contributed by atoms with E-state index >= 15 is 0 Å². The van der Waals surface area contributed by atoms with Gasteiger partial charge in [-0.15, -0.1) is 0 Å². The molecular weight excluding hydrogens is 366 g/mol. The van der Waals surface area contributed by atoms with Crippen LogP contribution >= 0.6 is 0 Å². The zero-order valence-electron chi connectivity index (χ0n) is 17.8. The number of nitrogens with zero attached hydrogens (tertiary/aromatic N) is 3. The predicted molar refractivity (Wildman–Crippen MR) is 119 cm³/mol. The number of benzene rings is 2. The summed E-state index contributed by atoms with van der Waals surface area (Å²) in [6.45, 7) is 7.58. The highest BCUT2D eigenvalue weighted by Crippen LogP contribution is 2.16. The van der Waals surface area contributed by atoms with Crippen LogP contribution in [0.1, 0.15) is 23.6 Å². The van der Waals surface area contributed by atoms with Crippen molar-refractivity contribution >= 4 is 17.6 Å². The molecule has 1 heterocycles. The second-order valence-corrected chi connectivity index (χ2v) is 6.67. The quantitative estimate of drug-likeness (QED) is 0.545. The van der Waals surface area contributed by atoms with Gasteiger partial charge in [0.05, 0.1) is 18.9 Å². The van der Waals surface area contributed by atoms with E-state index in [1.807, 2.05) is 19.1 Å². The Kier molecular flexibility index (Phi) is 9.72. The van der Waals surface area contributed by atoms with E-state index in [4.69, 9.17) is 4.74 Å². The lowest BCUT2D eigenvalue weighted by atomic mass is 10.1. The smallest absolute Gasteiger partial charge is 0.106 e. The monoisotopic (exact) mass is 397 g/mol. The first-order valence-corrected chi connectivity index (χ1v) is 9.75. The van der Waals surface area contributed by atoms with Crippen LogP contribution in [0.4, 0.5) is 5.69 Å². The molecule has 0 radical (unpaired) electrons. The summed E-state index contributed by atoms with van der Waals surface area (Å²) >= 11 is 0. The topological polar surface area (TPSA) is 55.7 Å². The SMILES string of the molecule is CON=C(C)c1cccc(C)c1.CON=CCc1ccc(N2CCOCC2)cc1. The van der Waals surface area contributed by atoms with Gasteiger partial charge in [-0.25, -0.2) is 0 Å². The molecule has 0 atom stereocenters. The molecule has 1 aliphatic heterocycles. The Morgan fingerprint density at radius 3 is 2.41 bits per heavy atom. The van der Waals surface area contributed by atoms with Gasteiger partial charge in [-0.3, -0.25) is 0 Å². The minimum absolute atomic E-state index is 0.803. The molecule has 1 aliphatic rings. The van der Waals surface area contributed by atoms with Crippen molar-refractivity contribution in [2.45, 2.75) is 20.3 Å². The normalized spacial score (nSPS) is 14.3. The number of anilines is 1. The van der Waals surface area contributed by atoms with Gasteiger partial charge in [0.1, 0.15) is 14.2 Å². The number of hydrogen-bond donors (Lipinski definition) is 0. The van der Waals surface area contributed by atoms with E-state index in [1.54, 1.807) is 20.4 Å². The maximum atomic E-state index is 5.34. The van der Waals surface area contributed by atoms with Crippen molar-refractivity contribution < 1.29 is 14.4 Å². The van der Waals surface area contributed by atoms with Crippen LogP contribution in [0.2, 0.25) is 0 Å². The maximum Gasteiger partial charge on any atom is 0.106 e. The first-order chi connectivity index (χ1) is 14.1. The number of hydrogen-bond acceptors (Lipinski definition) is 6. The minimum Gasteiger partial charge on any atom is -0.399 e. The van der Waals surface area contributed by atoms with E-state index in [0.29, 0.717) is 0 Å². The van der Waals surface area contributed by atoms with Crippen molar-refractivity contribution in [3.63, 3.8) is 0 Å². The Bertz CT molecular complexity index is 782. The Labute approximate surface area is 173 Å². The van der Waals surface area contributed by atoms with E-state index in [9.17, 15) is 0 Å². The van der Waals surface area contributed by atoms with Gasteiger partial charge in [0, 0.05) is 31.4 Å². The second kappa shape index (κ2) is 12.6. The molecule has 0 N–H and O–H groups in total. The molecule has 1 saturated heterocycles. The van der Waals surface area contributed by atoms with Crippen molar-refractivity contribution in [1.82, 2.24) is 0 Å². The van der Waals surface area contributed by atoms with Crippen LogP contribution in [0, 0.1) is 6.92 Å². The number of aryl methyl sites for hydroxylation is 1. The summed E-state index contributed by atoms with van der Waals surface area (Å²) in [4.78, 5) is 11.7. The Hall–Kier alpha value is -2.86. The van der Waals surface area contributed by atoms with Gasteiger partial charge >= 0.3 is 0 Å². The zero-order valence-corrected chi connectivity index (χ0v) is 17.8. The molecule has 0 bridgehead atoms. The number of rotatable bonds is 6. The molecule has 0 amide bonds. The fraction of sp³-hybridized carbons (Fsp3) is 0.391. The molecule has 156 valence electrons. The fourth-order valence-corrected chi connectivity index (χ4v) is 2.94. The van der Waals surface area contributed by atoms with Gasteiger partial charge in [0.25, 0.3) is 0 Å². The highest BCUT2D eigenvalue weighted by molar-refractivity contribution is 5.98. The van der Waals surface area contributed by atoms with Gasteiger partial charge in [-0.05, 0) is 37.1 Å². The van der Waals surface area contributed by atoms with Crippen LogP contribution in [0.25, 0.3) is 0 Å². The van der Waals surface area contributed by atoms with Crippen LogP contribution in [-0.4, -0.2) is 52.4 Å². The average Bonchev–Trinajstić information content (AvgIpc) is 2.76. The molecule has 1 fully saturated rings. The highest BCUT2D eigenvalue weighted by atomic mass is 16.6. The molecule has 0 aliphatic carbocycles. The summed E-state index contributed by atoms with van der Waals surface area (Å²) in [5.74, 6) is 0. The molecule has 3 rings (SSSR count). The Morgan fingerprint density at radius 2 is 1.79 bits per heavy atom. The lowest BCUT2D eigenvalue weighted by Crippen LogP contribution is -2.36. The van der Waals surface area contributed by atoms with Crippen molar-refractivity contribution in [2.24, 2.45) is 10.3 Å². The molecule has 0 spiro atoms. The maximum absolute atomic E-state index is 5.34. The standard InChI is InChI=1S/C13H18N2O2.C10H13NO/c1-16-14-7-6-12-2-4-13(5-3-12)15-8-10-17-11-9-15;1-8-5-4-6-10(7-8)9(2)11-12-3/h2-5,7H,6,8-11H2,1H3;4-7H,1-3H3. The number of ether oxygens (including phenoxy) is 1. The molecule has 0 unspecified atom stereocenters. The lowest BCUT2D eigenvalue weighted by Gasteiger charge is -2.28. The van der Waals surface area contributed by atoms with Crippen molar-refractivity contribution in [1.29, 1.82) is 0 Å². The van der Waals surface area contributed by atoms with Crippen LogP contribution in [0.5, 0.6) is 0 Å². The predicted octanol–water partition coefficient (Wildman–Crippen LogP) is 4.06. The molecular formula is C23H31N3O3. The van der Waals surface area contributed by atoms with E-state index in [-0.39, 0.29) is 0 Å². The molecule has 2 aromatic rings. The summed E-state index contributed by atoms with van der Waals surface area (Å²) in [7, 11) is 3.11. The Balaban J connectivity index is 0.000000221. The van der Waals surface area contributed by atoms with Crippen LogP contribution in [-0.2, 0) is 20.8 Å². The van der Waals surface area contributed by atoms with Gasteiger partial charge in [-0.2, -0.15) is 0 Å². The van der Waals surface area contributed by atoms with Crippen LogP contribution < -0.4 is 4.90 Å². The van der Waals surface area contributed by atoms with Gasteiger partial charge in [0.2, 0.25) is 0 Å². The van der Waals surface area contributed by atoms with Gasteiger partial charge in [0.15, 0.2) is 0 Å². The van der Waals surface area contributed by atoms with Crippen molar-refractivity contribution in [3.8, 4) is 0 Å². The van der Waals surface area contributed by atoms with Crippen molar-refractivity contribution in [2.75, 3.05) is 45.4 Å². The van der Waals surface area contributed by atoms with E-state index in [0.717, 1.165) is 44.0 Å². The molecule has 6 nitrogen and oxygen atoms in total. The summed E-state index contributed by atoms with van der Waals surface area (Å²) in [5.41, 5.74) is 5.75. The third-order valence-corrected chi connectivity index (χ3v) is 4.48. The summed E-state index contributed by atoms with van der Waals surface area (Å²) < 4.78 is 5.34. The number of oxime groups is 2. The molecule has 29 heavy (non-hydrogen) atoms. The number of morpholine rings is 1. The highest BCUT2D eigenvalue weighted by Gasteiger charge is 2.10. The third-order valence-electron chi connectivity index (χ3n) is 4.48. The molecule has 0 aromatic heterocycles. The minimum atomic E-state index is 0.803. The summed E-state index contributed by atoms with van der Waals surface area (Å²) in [6.07, 6.45) is 2.57. The van der Waals surface area contributed by atoms with Gasteiger partial charge < -0.3 is 19.3 Å². The van der Waals surface area contributed by atoms with Crippen molar-refractivity contribution in [3.05, 3.63) is 65.2 Å². The molecule has 6 heteroatoms. The van der Waals surface area contributed by atoms with Crippen LogP contribution in [0.3, 0.4) is 0 Å². The average molecular weight is 398 g/mol. The molecule has 0 saturated carbocycles. The summed E-state index contributed by atoms with van der Waals surface area (Å²) in [6, 6.07) is 16.7. The largest absolute Gasteiger partial charge is 0.399 e. The van der Waals surface area contributed by atoms with Crippen LogP contribution in [0.15, 0.2) is 58.8 Å². The first-order valence-electron chi connectivity index (χ1n) is 9.75. The second-order valence-electron chi connectivity index (χ2n) is 6.67. The van der Waals surface area contributed by atoms with E-state index in [2.05, 4.69) is 68.2 Å². The lowest BCUT2D eigenvalue weighted by molar-refractivity contribution is 0.122. The van der Waals surface area contributed by atoms with Gasteiger partial charge in [-0.1, -0.05) is 52.3 Å². The Morgan fingerprint density at radius 1 is 1.07 bits per heavy atom. The molecule has 2 aromatic carbocycles.